The summed E-state index contributed by atoms with van der Waals surface area (Å²) in [4.78, 5) is 41.7. The molecule has 4 rings (SSSR count). The number of amides is 4. The molecule has 5 N–H and O–H groups in total. The van der Waals surface area contributed by atoms with Crippen LogP contribution in [0.15, 0.2) is 0 Å². The second-order valence-electron chi connectivity index (χ2n) is 9.65. The van der Waals surface area contributed by atoms with E-state index in [1.54, 1.807) is 4.90 Å². The number of hydrogen-bond acceptors (Lipinski definition) is 8. The molecular weight excluding hydrogens is 434 g/mol. The molecule has 6 bridgehead atoms. The number of nitrogens with one attached hydrogen (secondary N) is 3. The highest BCUT2D eigenvalue weighted by Crippen LogP contribution is 2.25. The van der Waals surface area contributed by atoms with Crippen LogP contribution in [0.3, 0.4) is 0 Å². The van der Waals surface area contributed by atoms with Gasteiger partial charge in [-0.15, -0.1) is 0 Å². The fourth-order valence-corrected chi connectivity index (χ4v) is 4.94. The summed E-state index contributed by atoms with van der Waals surface area (Å²) in [6.07, 6.45) is -4.29. The van der Waals surface area contributed by atoms with Gasteiger partial charge in [-0.3, -0.25) is 9.59 Å². The molecule has 12 heteroatoms. The first-order valence-electron chi connectivity index (χ1n) is 11.7. The molecule has 4 amide bonds. The van der Waals surface area contributed by atoms with Crippen LogP contribution < -0.4 is 16.0 Å². The summed E-state index contributed by atoms with van der Waals surface area (Å²) in [5.41, 5.74) is 0. The van der Waals surface area contributed by atoms with E-state index in [2.05, 4.69) is 16.0 Å². The highest BCUT2D eigenvalue weighted by Gasteiger charge is 2.45. The van der Waals surface area contributed by atoms with E-state index in [0.717, 1.165) is 0 Å². The van der Waals surface area contributed by atoms with Gasteiger partial charge in [0, 0.05) is 31.7 Å². The number of fused-ring (bicyclic) bond motifs is 6. The van der Waals surface area contributed by atoms with Crippen LogP contribution >= 0.6 is 0 Å². The Morgan fingerprint density at radius 3 is 2.67 bits per heavy atom. The van der Waals surface area contributed by atoms with Gasteiger partial charge in [-0.2, -0.15) is 0 Å². The minimum atomic E-state index is -1.25. The van der Waals surface area contributed by atoms with Crippen molar-refractivity contribution in [2.45, 2.75) is 75.3 Å². The van der Waals surface area contributed by atoms with Gasteiger partial charge in [0.15, 0.2) is 0 Å². The second kappa shape index (κ2) is 10.1. The maximum atomic E-state index is 13.1. The number of aliphatic hydroxyl groups is 2. The minimum absolute atomic E-state index is 0.00944. The van der Waals surface area contributed by atoms with E-state index in [1.165, 1.54) is 4.90 Å². The molecule has 0 radical (unpaired) electrons. The Labute approximate surface area is 192 Å². The molecule has 0 aromatic carbocycles. The number of morpholine rings is 1. The zero-order valence-corrected chi connectivity index (χ0v) is 19.1. The van der Waals surface area contributed by atoms with Crippen LogP contribution in [0.25, 0.3) is 0 Å². The smallest absolute Gasteiger partial charge is 0.317 e. The summed E-state index contributed by atoms with van der Waals surface area (Å²) in [6, 6.07) is -1.07. The normalized spacial score (nSPS) is 37.9. The first-order chi connectivity index (χ1) is 15.7. The molecule has 4 aliphatic heterocycles. The Hall–Kier alpha value is -1.99. The van der Waals surface area contributed by atoms with Crippen LogP contribution in [0.1, 0.15) is 26.7 Å². The van der Waals surface area contributed by atoms with Gasteiger partial charge < -0.3 is 45.4 Å². The van der Waals surface area contributed by atoms with Crippen molar-refractivity contribution < 1.29 is 34.1 Å². The first-order valence-corrected chi connectivity index (χ1v) is 11.7. The first kappa shape index (κ1) is 24.1. The summed E-state index contributed by atoms with van der Waals surface area (Å²) >= 11 is 0. The molecule has 0 aromatic heterocycles. The van der Waals surface area contributed by atoms with E-state index >= 15 is 0 Å². The molecule has 33 heavy (non-hydrogen) atoms. The average Bonchev–Trinajstić information content (AvgIpc) is 3.32. The summed E-state index contributed by atoms with van der Waals surface area (Å²) in [6.45, 7) is 5.50. The maximum Gasteiger partial charge on any atom is 0.317 e. The fraction of sp³-hybridized carbons (Fsp3) is 0.857. The Morgan fingerprint density at radius 2 is 1.91 bits per heavy atom. The monoisotopic (exact) mass is 469 g/mol. The Morgan fingerprint density at radius 1 is 1.15 bits per heavy atom. The van der Waals surface area contributed by atoms with Crippen molar-refractivity contribution in [2.75, 3.05) is 39.3 Å². The third kappa shape index (κ3) is 5.57. The van der Waals surface area contributed by atoms with Gasteiger partial charge in [0.05, 0.1) is 44.4 Å². The predicted molar refractivity (Wildman–Crippen MR) is 115 cm³/mol. The number of carbonyl (C=O) groups is 3. The van der Waals surface area contributed by atoms with Gasteiger partial charge in [-0.1, -0.05) is 0 Å². The number of hydrogen-bond donors (Lipinski definition) is 5. The van der Waals surface area contributed by atoms with Gasteiger partial charge in [0.1, 0.15) is 18.3 Å². The Balaban J connectivity index is 1.57. The highest BCUT2D eigenvalue weighted by molar-refractivity contribution is 5.83. The summed E-state index contributed by atoms with van der Waals surface area (Å²) in [5.74, 6) is -0.362. The van der Waals surface area contributed by atoms with Crippen molar-refractivity contribution in [2.24, 2.45) is 0 Å². The topological polar surface area (TPSA) is 153 Å². The van der Waals surface area contributed by atoms with E-state index in [9.17, 15) is 24.6 Å². The van der Waals surface area contributed by atoms with Crippen LogP contribution in [0.5, 0.6) is 0 Å². The average molecular weight is 470 g/mol. The van der Waals surface area contributed by atoms with Gasteiger partial charge >= 0.3 is 6.03 Å². The molecule has 7 atom stereocenters. The van der Waals surface area contributed by atoms with E-state index < -0.39 is 36.6 Å². The second-order valence-corrected chi connectivity index (χ2v) is 9.65. The van der Waals surface area contributed by atoms with Gasteiger partial charge in [0.25, 0.3) is 0 Å². The Bertz CT molecular complexity index is 753. The number of aliphatic hydroxyl groups excluding tert-OH is 2. The molecule has 0 aliphatic carbocycles. The molecule has 12 nitrogen and oxygen atoms in total. The van der Waals surface area contributed by atoms with Crippen molar-refractivity contribution in [1.82, 2.24) is 25.8 Å². The lowest BCUT2D eigenvalue weighted by molar-refractivity contribution is -0.141. The number of urea groups is 1. The molecule has 4 heterocycles. The zero-order valence-electron chi connectivity index (χ0n) is 19.1. The van der Waals surface area contributed by atoms with Crippen molar-refractivity contribution >= 4 is 17.8 Å². The molecule has 4 fully saturated rings. The third-order valence-corrected chi connectivity index (χ3v) is 6.62. The third-order valence-electron chi connectivity index (χ3n) is 6.62. The standard InChI is InChI=1S/C21H35N5O7/c1-11(2)23-21(31)26-9-13-8-25(3-4-32-13)20(30)14-5-12(7-22-14)24-17(27)6-15-18(28)19(29)16(10-26)33-15/h11-16,18-19,22,28-29H,3-10H2,1-2H3,(H,23,31)(H,24,27)/t12-,13-,14-,15-,16+,18-,19+/m0/s1. The number of nitrogens with zero attached hydrogens (tertiary/aromatic N) is 2. The maximum absolute atomic E-state index is 13.1. The fourth-order valence-electron chi connectivity index (χ4n) is 4.94. The highest BCUT2D eigenvalue weighted by atomic mass is 16.5. The van der Waals surface area contributed by atoms with E-state index in [4.69, 9.17) is 9.47 Å². The Kier molecular flexibility index (Phi) is 7.39. The van der Waals surface area contributed by atoms with Crippen LogP contribution in [-0.4, -0.2) is 126 Å². The van der Waals surface area contributed by atoms with Gasteiger partial charge in [0.2, 0.25) is 11.8 Å². The zero-order chi connectivity index (χ0) is 23.7. The van der Waals surface area contributed by atoms with Crippen LogP contribution in [0.2, 0.25) is 0 Å². The predicted octanol–water partition coefficient (Wildman–Crippen LogP) is -2.63. The molecule has 0 unspecified atom stereocenters. The van der Waals surface area contributed by atoms with Crippen LogP contribution in [0, 0.1) is 0 Å². The molecule has 0 aromatic rings. The number of carbonyl (C=O) groups excluding carboxylic acids is 3. The largest absolute Gasteiger partial charge is 0.388 e. The van der Waals surface area contributed by atoms with Crippen LogP contribution in [0.4, 0.5) is 4.79 Å². The molecule has 4 saturated heterocycles. The lowest BCUT2D eigenvalue weighted by atomic mass is 10.0. The molecule has 0 spiro atoms. The van der Waals surface area contributed by atoms with Crippen molar-refractivity contribution in [3.05, 3.63) is 0 Å². The molecule has 0 saturated carbocycles. The summed E-state index contributed by atoms with van der Waals surface area (Å²) < 4.78 is 11.7. The molecular formula is C21H35N5O7. The quantitative estimate of drug-likeness (QED) is 0.280. The van der Waals surface area contributed by atoms with Gasteiger partial charge in [-0.25, -0.2) is 4.79 Å². The number of ether oxygens (including phenoxy) is 2. The summed E-state index contributed by atoms with van der Waals surface area (Å²) in [7, 11) is 0. The van der Waals surface area contributed by atoms with E-state index in [-0.39, 0.29) is 49.4 Å². The summed E-state index contributed by atoms with van der Waals surface area (Å²) in [5, 5.41) is 30.0. The van der Waals surface area contributed by atoms with Crippen LogP contribution in [-0.2, 0) is 19.1 Å². The lowest BCUT2D eigenvalue weighted by Gasteiger charge is -2.37. The SMILES string of the molecule is CC(C)NC(=O)N1C[C@@H]2CN(CCO2)C(=O)[C@@H]2C[C@@H](CN2)NC(=O)C[C@@H]2O[C@H](C1)[C@@H](O)[C@H]2O. The minimum Gasteiger partial charge on any atom is -0.388 e. The molecule has 186 valence electrons. The van der Waals surface area contributed by atoms with Crippen molar-refractivity contribution in [3.8, 4) is 0 Å². The van der Waals surface area contributed by atoms with E-state index in [0.29, 0.717) is 32.7 Å². The number of rotatable bonds is 1. The molecule has 4 aliphatic rings. The lowest BCUT2D eigenvalue weighted by Crippen LogP contribution is -2.56. The van der Waals surface area contributed by atoms with E-state index in [1.807, 2.05) is 13.8 Å². The van der Waals surface area contributed by atoms with Crippen molar-refractivity contribution in [3.63, 3.8) is 0 Å². The van der Waals surface area contributed by atoms with Gasteiger partial charge in [-0.05, 0) is 20.3 Å². The van der Waals surface area contributed by atoms with Crippen molar-refractivity contribution in [1.29, 1.82) is 0 Å².